The van der Waals surface area contributed by atoms with Crippen molar-refractivity contribution >= 4 is 5.69 Å². The molecule has 126 valence electrons. The molecule has 0 saturated carbocycles. The zero-order chi connectivity index (χ0) is 17.6. The Morgan fingerprint density at radius 1 is 0.920 bits per heavy atom. The Morgan fingerprint density at radius 3 is 2.24 bits per heavy atom. The van der Waals surface area contributed by atoms with Gasteiger partial charge in [0, 0.05) is 0 Å². The number of hydrogen-bond donors (Lipinski definition) is 0. The predicted molar refractivity (Wildman–Crippen MR) is 95.9 cm³/mol. The minimum Gasteiger partial charge on any atom is -0.496 e. The minimum atomic E-state index is -0.476. The molecular formula is C20H17NO4. The lowest BCUT2D eigenvalue weighted by Gasteiger charge is -2.09. The first-order chi connectivity index (χ1) is 12.2. The minimum absolute atomic E-state index is 0.111. The largest absolute Gasteiger partial charge is 0.496 e. The third kappa shape index (κ3) is 3.95. The van der Waals surface area contributed by atoms with E-state index in [-0.39, 0.29) is 18.0 Å². The number of hydrogen-bond acceptors (Lipinski definition) is 4. The van der Waals surface area contributed by atoms with Gasteiger partial charge in [-0.2, -0.15) is 0 Å². The van der Waals surface area contributed by atoms with Crippen molar-refractivity contribution in [3.05, 3.63) is 88.5 Å². The summed E-state index contributed by atoms with van der Waals surface area (Å²) in [6.45, 7) is 0.252. The Labute approximate surface area is 145 Å². The molecule has 0 amide bonds. The molecule has 0 aliphatic rings. The maximum Gasteiger partial charge on any atom is 0.314 e. The molecule has 0 heterocycles. The Hall–Kier alpha value is -3.34. The summed E-state index contributed by atoms with van der Waals surface area (Å²) in [7, 11) is 1.47. The smallest absolute Gasteiger partial charge is 0.314 e. The van der Waals surface area contributed by atoms with Gasteiger partial charge >= 0.3 is 5.69 Å². The highest BCUT2D eigenvalue weighted by molar-refractivity contribution is 5.63. The highest BCUT2D eigenvalue weighted by Crippen LogP contribution is 2.31. The molecule has 0 unspecified atom stereocenters. The summed E-state index contributed by atoms with van der Waals surface area (Å²) in [5.74, 6) is 0.643. The van der Waals surface area contributed by atoms with Crippen LogP contribution in [0.2, 0.25) is 0 Å². The van der Waals surface area contributed by atoms with Crippen molar-refractivity contribution in [2.24, 2.45) is 0 Å². The van der Waals surface area contributed by atoms with E-state index < -0.39 is 4.92 Å². The number of ether oxygens (including phenoxy) is 2. The van der Waals surface area contributed by atoms with Gasteiger partial charge < -0.3 is 9.47 Å². The van der Waals surface area contributed by atoms with E-state index in [0.717, 1.165) is 16.7 Å². The van der Waals surface area contributed by atoms with E-state index in [0.29, 0.717) is 5.75 Å². The molecule has 0 aromatic heterocycles. The summed E-state index contributed by atoms with van der Waals surface area (Å²) in [6, 6.07) is 22.5. The first-order valence-corrected chi connectivity index (χ1v) is 7.77. The average Bonchev–Trinajstić information content (AvgIpc) is 2.67. The summed E-state index contributed by atoms with van der Waals surface area (Å²) in [5, 5.41) is 11.2. The van der Waals surface area contributed by atoms with E-state index in [1.165, 1.54) is 13.2 Å². The number of nitro benzene ring substituents is 1. The number of nitro groups is 1. The molecule has 3 aromatic carbocycles. The van der Waals surface area contributed by atoms with Crippen molar-refractivity contribution in [2.45, 2.75) is 6.61 Å². The molecule has 0 aliphatic carbocycles. The Kier molecular flexibility index (Phi) is 4.95. The van der Waals surface area contributed by atoms with E-state index in [9.17, 15) is 10.1 Å². The normalized spacial score (nSPS) is 10.3. The summed E-state index contributed by atoms with van der Waals surface area (Å²) >= 11 is 0. The van der Waals surface area contributed by atoms with Gasteiger partial charge in [-0.15, -0.1) is 0 Å². The van der Waals surface area contributed by atoms with Crippen LogP contribution in [0, 0.1) is 10.1 Å². The lowest BCUT2D eigenvalue weighted by molar-refractivity contribution is -0.386. The first-order valence-electron chi connectivity index (χ1n) is 7.77. The van der Waals surface area contributed by atoms with E-state index in [1.807, 2.05) is 54.6 Å². The maximum absolute atomic E-state index is 11.2. The van der Waals surface area contributed by atoms with Gasteiger partial charge in [0.15, 0.2) is 5.75 Å². The first kappa shape index (κ1) is 16.5. The monoisotopic (exact) mass is 335 g/mol. The highest BCUT2D eigenvalue weighted by Gasteiger charge is 2.16. The molecule has 0 spiro atoms. The molecule has 0 aliphatic heterocycles. The van der Waals surface area contributed by atoms with Crippen molar-refractivity contribution in [3.63, 3.8) is 0 Å². The topological polar surface area (TPSA) is 61.6 Å². The molecule has 3 aromatic rings. The van der Waals surface area contributed by atoms with Crippen LogP contribution in [0.5, 0.6) is 11.5 Å². The number of rotatable bonds is 6. The lowest BCUT2D eigenvalue weighted by atomic mass is 10.0. The third-order valence-corrected chi connectivity index (χ3v) is 3.82. The van der Waals surface area contributed by atoms with Crippen LogP contribution >= 0.6 is 0 Å². The molecule has 25 heavy (non-hydrogen) atoms. The van der Waals surface area contributed by atoms with E-state index in [4.69, 9.17) is 9.47 Å². The second kappa shape index (κ2) is 7.49. The zero-order valence-corrected chi connectivity index (χ0v) is 13.7. The Bertz CT molecular complexity index is 861. The van der Waals surface area contributed by atoms with Crippen LogP contribution in [-0.2, 0) is 6.61 Å². The quantitative estimate of drug-likeness (QED) is 0.477. The van der Waals surface area contributed by atoms with E-state index >= 15 is 0 Å². The average molecular weight is 335 g/mol. The van der Waals surface area contributed by atoms with Gasteiger partial charge in [-0.3, -0.25) is 10.1 Å². The van der Waals surface area contributed by atoms with Crippen molar-refractivity contribution in [2.75, 3.05) is 7.11 Å². The SMILES string of the molecule is COc1ccc(OCc2ccc(-c3ccccc3)cc2)c([N+](=O)[O-])c1. The molecule has 3 rings (SSSR count). The fourth-order valence-corrected chi connectivity index (χ4v) is 2.47. The van der Waals surface area contributed by atoms with E-state index in [1.54, 1.807) is 12.1 Å². The summed E-state index contributed by atoms with van der Waals surface area (Å²) in [4.78, 5) is 10.7. The zero-order valence-electron chi connectivity index (χ0n) is 13.7. The molecule has 0 fully saturated rings. The van der Waals surface area contributed by atoms with Crippen molar-refractivity contribution in [3.8, 4) is 22.6 Å². The summed E-state index contributed by atoms with van der Waals surface area (Å²) < 4.78 is 10.7. The standard InChI is InChI=1S/C20H17NO4/c1-24-18-11-12-20(19(13-18)21(22)23)25-14-15-7-9-17(10-8-15)16-5-3-2-4-6-16/h2-13H,14H2,1H3. The molecule has 0 radical (unpaired) electrons. The third-order valence-electron chi connectivity index (χ3n) is 3.82. The highest BCUT2D eigenvalue weighted by atomic mass is 16.6. The number of methoxy groups -OCH3 is 1. The molecule has 0 atom stereocenters. The Morgan fingerprint density at radius 2 is 1.60 bits per heavy atom. The Balaban J connectivity index is 1.73. The van der Waals surface area contributed by atoms with Crippen LogP contribution in [0.3, 0.4) is 0 Å². The molecular weight excluding hydrogens is 318 g/mol. The van der Waals surface area contributed by atoms with Crippen molar-refractivity contribution in [1.29, 1.82) is 0 Å². The fourth-order valence-electron chi connectivity index (χ4n) is 2.47. The van der Waals surface area contributed by atoms with Crippen molar-refractivity contribution < 1.29 is 14.4 Å². The summed E-state index contributed by atoms with van der Waals surface area (Å²) in [5.41, 5.74) is 3.07. The van der Waals surface area contributed by atoms with Gasteiger partial charge in [-0.25, -0.2) is 0 Å². The molecule has 0 saturated heterocycles. The lowest BCUT2D eigenvalue weighted by Crippen LogP contribution is -1.99. The second-order valence-corrected chi connectivity index (χ2v) is 5.44. The molecule has 0 bridgehead atoms. The number of benzene rings is 3. The second-order valence-electron chi connectivity index (χ2n) is 5.44. The van der Waals surface area contributed by atoms with Crippen LogP contribution in [0.4, 0.5) is 5.69 Å². The van der Waals surface area contributed by atoms with E-state index in [2.05, 4.69) is 0 Å². The fraction of sp³-hybridized carbons (Fsp3) is 0.100. The molecule has 0 N–H and O–H groups in total. The molecule has 5 heteroatoms. The molecule has 5 nitrogen and oxygen atoms in total. The number of nitrogens with zero attached hydrogens (tertiary/aromatic N) is 1. The van der Waals surface area contributed by atoms with Crippen molar-refractivity contribution in [1.82, 2.24) is 0 Å². The van der Waals surface area contributed by atoms with Crippen LogP contribution in [0.15, 0.2) is 72.8 Å². The van der Waals surface area contributed by atoms with Gasteiger partial charge in [0.2, 0.25) is 0 Å². The van der Waals surface area contributed by atoms with Crippen LogP contribution < -0.4 is 9.47 Å². The van der Waals surface area contributed by atoms with Gasteiger partial charge in [0.25, 0.3) is 0 Å². The predicted octanol–water partition coefficient (Wildman–Crippen LogP) is 4.85. The summed E-state index contributed by atoms with van der Waals surface area (Å²) in [6.07, 6.45) is 0. The van der Waals surface area contributed by atoms with Gasteiger partial charge in [0.05, 0.1) is 18.1 Å². The van der Waals surface area contributed by atoms with Crippen LogP contribution in [-0.4, -0.2) is 12.0 Å². The maximum atomic E-state index is 11.2. The van der Waals surface area contributed by atoms with Gasteiger partial charge in [-0.05, 0) is 28.8 Å². The van der Waals surface area contributed by atoms with Gasteiger partial charge in [-0.1, -0.05) is 54.6 Å². The van der Waals surface area contributed by atoms with Crippen LogP contribution in [0.1, 0.15) is 5.56 Å². The van der Waals surface area contributed by atoms with Gasteiger partial charge in [0.1, 0.15) is 12.4 Å². The van der Waals surface area contributed by atoms with Crippen LogP contribution in [0.25, 0.3) is 11.1 Å².